The Labute approximate surface area is 161 Å². The van der Waals surface area contributed by atoms with Gasteiger partial charge in [-0.3, -0.25) is 4.79 Å². The van der Waals surface area contributed by atoms with Gasteiger partial charge in [-0.2, -0.15) is 11.8 Å². The molecule has 1 aliphatic heterocycles. The zero-order chi connectivity index (χ0) is 17.6. The molecule has 2 aromatic rings. The Morgan fingerprint density at radius 1 is 1.24 bits per heavy atom. The Balaban J connectivity index is 1.61. The molecule has 1 fully saturated rings. The summed E-state index contributed by atoms with van der Waals surface area (Å²) in [4.78, 5) is 12.5. The van der Waals surface area contributed by atoms with Gasteiger partial charge in [0.15, 0.2) is 0 Å². The Kier molecular flexibility index (Phi) is 6.57. The number of thioether (sulfide) groups is 1. The van der Waals surface area contributed by atoms with Gasteiger partial charge in [-0.25, -0.2) is 0 Å². The molecular formula is C20H22BrNO2S. The lowest BCUT2D eigenvalue weighted by Crippen LogP contribution is -2.17. The van der Waals surface area contributed by atoms with Crippen LogP contribution in [0.15, 0.2) is 46.9 Å². The summed E-state index contributed by atoms with van der Waals surface area (Å²) < 4.78 is 6.39. The maximum Gasteiger partial charge on any atom is 0.255 e. The number of carbonyl (C=O) groups is 1. The van der Waals surface area contributed by atoms with Crippen LogP contribution in [0.25, 0.3) is 0 Å². The van der Waals surface area contributed by atoms with Crippen molar-refractivity contribution in [3.05, 3.63) is 63.6 Å². The Hall–Kier alpha value is -1.30. The Bertz CT molecular complexity index is 744. The predicted octanol–water partition coefficient (Wildman–Crippen LogP) is 5.42. The van der Waals surface area contributed by atoms with Crippen LogP contribution in [0.3, 0.4) is 0 Å². The fourth-order valence-corrected chi connectivity index (χ4v) is 4.48. The molecule has 0 spiro atoms. The average Bonchev–Trinajstić information content (AvgIpc) is 2.61. The fourth-order valence-electron chi connectivity index (χ4n) is 2.88. The van der Waals surface area contributed by atoms with Crippen LogP contribution < -0.4 is 5.32 Å². The summed E-state index contributed by atoms with van der Waals surface area (Å²) in [6.45, 7) is 3.70. The van der Waals surface area contributed by atoms with Crippen molar-refractivity contribution in [2.45, 2.75) is 30.8 Å². The molecule has 0 atom stereocenters. The van der Waals surface area contributed by atoms with Gasteiger partial charge in [0.25, 0.3) is 5.91 Å². The van der Waals surface area contributed by atoms with Crippen LogP contribution in [0.2, 0.25) is 0 Å². The molecule has 3 nitrogen and oxygen atoms in total. The zero-order valence-corrected chi connectivity index (χ0v) is 16.7. The number of ether oxygens (including phenoxy) is 1. The van der Waals surface area contributed by atoms with Crippen LogP contribution in [-0.4, -0.2) is 24.4 Å². The maximum atomic E-state index is 12.5. The number of hydrogen-bond donors (Lipinski definition) is 1. The minimum Gasteiger partial charge on any atom is -0.381 e. The van der Waals surface area contributed by atoms with Crippen LogP contribution in [0.1, 0.15) is 34.3 Å². The van der Waals surface area contributed by atoms with Crippen molar-refractivity contribution < 1.29 is 9.53 Å². The minimum atomic E-state index is -0.0702. The highest BCUT2D eigenvalue weighted by molar-refractivity contribution is 9.10. The smallest absolute Gasteiger partial charge is 0.255 e. The molecular weight excluding hydrogens is 398 g/mol. The number of amides is 1. The summed E-state index contributed by atoms with van der Waals surface area (Å²) in [5.74, 6) is 0.894. The molecule has 2 aromatic carbocycles. The number of hydrogen-bond acceptors (Lipinski definition) is 3. The molecule has 3 rings (SSSR count). The minimum absolute atomic E-state index is 0.0702. The quantitative estimate of drug-likeness (QED) is 0.702. The molecule has 1 aliphatic rings. The first-order valence-electron chi connectivity index (χ1n) is 8.47. The Morgan fingerprint density at radius 3 is 2.80 bits per heavy atom. The first-order chi connectivity index (χ1) is 12.1. The summed E-state index contributed by atoms with van der Waals surface area (Å²) in [5, 5.41) is 3.69. The van der Waals surface area contributed by atoms with Gasteiger partial charge in [0.1, 0.15) is 0 Å². The number of benzene rings is 2. The van der Waals surface area contributed by atoms with Gasteiger partial charge in [-0.15, -0.1) is 0 Å². The van der Waals surface area contributed by atoms with Crippen LogP contribution in [0, 0.1) is 6.92 Å². The van der Waals surface area contributed by atoms with Gasteiger partial charge >= 0.3 is 0 Å². The molecule has 0 radical (unpaired) electrons. The number of halogens is 1. The van der Waals surface area contributed by atoms with E-state index >= 15 is 0 Å². The molecule has 1 saturated heterocycles. The maximum absolute atomic E-state index is 12.5. The summed E-state index contributed by atoms with van der Waals surface area (Å²) in [6, 6.07) is 13.8. The number of aryl methyl sites for hydroxylation is 1. The second-order valence-electron chi connectivity index (χ2n) is 6.24. The standard InChI is InChI=1S/C20H22BrNO2S/c1-14-11-16(21)5-6-19(14)20(23)22-17-4-2-3-15(12-17)13-25-18-7-9-24-10-8-18/h2-6,11-12,18H,7-10,13H2,1H3,(H,22,23). The third kappa shape index (κ3) is 5.33. The number of carbonyl (C=O) groups excluding carboxylic acids is 1. The van der Waals surface area contributed by atoms with Gasteiger partial charge in [-0.05, 0) is 61.2 Å². The van der Waals surface area contributed by atoms with Crippen LogP contribution in [0.5, 0.6) is 0 Å². The van der Waals surface area contributed by atoms with Crippen LogP contribution in [0.4, 0.5) is 5.69 Å². The SMILES string of the molecule is Cc1cc(Br)ccc1C(=O)Nc1cccc(CSC2CCOCC2)c1. The molecule has 0 aromatic heterocycles. The third-order valence-electron chi connectivity index (χ3n) is 4.27. The molecule has 5 heteroatoms. The fraction of sp³-hybridized carbons (Fsp3) is 0.350. The lowest BCUT2D eigenvalue weighted by atomic mass is 10.1. The molecule has 0 aliphatic carbocycles. The molecule has 0 unspecified atom stereocenters. The summed E-state index contributed by atoms with van der Waals surface area (Å²) in [7, 11) is 0. The largest absolute Gasteiger partial charge is 0.381 e. The van der Waals surface area contributed by atoms with E-state index in [1.54, 1.807) is 0 Å². The number of nitrogens with one attached hydrogen (secondary N) is 1. The zero-order valence-electron chi connectivity index (χ0n) is 14.3. The van der Waals surface area contributed by atoms with Gasteiger partial charge in [-0.1, -0.05) is 28.1 Å². The molecule has 1 N–H and O–H groups in total. The van der Waals surface area contributed by atoms with E-state index in [1.807, 2.05) is 49.0 Å². The molecule has 0 bridgehead atoms. The molecule has 0 saturated carbocycles. The molecule has 1 amide bonds. The molecule has 25 heavy (non-hydrogen) atoms. The van der Waals surface area contributed by atoms with Crippen molar-refractivity contribution >= 4 is 39.3 Å². The van der Waals surface area contributed by atoms with E-state index < -0.39 is 0 Å². The highest BCUT2D eigenvalue weighted by Gasteiger charge is 2.14. The average molecular weight is 420 g/mol. The summed E-state index contributed by atoms with van der Waals surface area (Å²) in [5.41, 5.74) is 3.74. The van der Waals surface area contributed by atoms with E-state index in [2.05, 4.69) is 33.4 Å². The predicted molar refractivity (Wildman–Crippen MR) is 108 cm³/mol. The first kappa shape index (κ1) is 18.5. The third-order valence-corrected chi connectivity index (χ3v) is 6.21. The second kappa shape index (κ2) is 8.88. The van der Waals surface area contributed by atoms with Gasteiger partial charge in [0.2, 0.25) is 0 Å². The van der Waals surface area contributed by atoms with Crippen molar-refractivity contribution in [1.82, 2.24) is 0 Å². The van der Waals surface area contributed by atoms with Crippen molar-refractivity contribution in [3.63, 3.8) is 0 Å². The lowest BCUT2D eigenvalue weighted by molar-refractivity contribution is 0.1000. The van der Waals surface area contributed by atoms with E-state index in [4.69, 9.17) is 4.74 Å². The van der Waals surface area contributed by atoms with E-state index in [1.165, 1.54) is 5.56 Å². The van der Waals surface area contributed by atoms with Gasteiger partial charge < -0.3 is 10.1 Å². The van der Waals surface area contributed by atoms with Gasteiger partial charge in [0, 0.05) is 39.9 Å². The Morgan fingerprint density at radius 2 is 2.04 bits per heavy atom. The van der Waals surface area contributed by atoms with Crippen LogP contribution in [-0.2, 0) is 10.5 Å². The first-order valence-corrected chi connectivity index (χ1v) is 10.3. The topological polar surface area (TPSA) is 38.3 Å². The van der Waals surface area contributed by atoms with Crippen LogP contribution >= 0.6 is 27.7 Å². The van der Waals surface area contributed by atoms with E-state index in [-0.39, 0.29) is 5.91 Å². The van der Waals surface area contributed by atoms with Crippen molar-refractivity contribution in [2.75, 3.05) is 18.5 Å². The highest BCUT2D eigenvalue weighted by Crippen LogP contribution is 2.26. The van der Waals surface area contributed by atoms with E-state index in [0.717, 1.165) is 47.5 Å². The van der Waals surface area contributed by atoms with Crippen molar-refractivity contribution in [3.8, 4) is 0 Å². The number of rotatable bonds is 5. The summed E-state index contributed by atoms with van der Waals surface area (Å²) >= 11 is 5.41. The molecule has 132 valence electrons. The normalized spacial score (nSPS) is 15.1. The van der Waals surface area contributed by atoms with E-state index in [9.17, 15) is 4.79 Å². The highest BCUT2D eigenvalue weighted by atomic mass is 79.9. The number of anilines is 1. The van der Waals surface area contributed by atoms with Crippen molar-refractivity contribution in [2.24, 2.45) is 0 Å². The monoisotopic (exact) mass is 419 g/mol. The summed E-state index contributed by atoms with van der Waals surface area (Å²) in [6.07, 6.45) is 2.26. The molecule has 1 heterocycles. The van der Waals surface area contributed by atoms with E-state index in [0.29, 0.717) is 10.8 Å². The van der Waals surface area contributed by atoms with Crippen molar-refractivity contribution in [1.29, 1.82) is 0 Å². The lowest BCUT2D eigenvalue weighted by Gasteiger charge is -2.21. The van der Waals surface area contributed by atoms with Gasteiger partial charge in [0.05, 0.1) is 0 Å². The second-order valence-corrected chi connectivity index (χ2v) is 8.44.